The molecule has 116 valence electrons. The van der Waals surface area contributed by atoms with Crippen molar-refractivity contribution < 1.29 is 17.2 Å². The molecule has 0 amide bonds. The summed E-state index contributed by atoms with van der Waals surface area (Å²) >= 11 is 0. The number of para-hydroxylation sites is 1. The third-order valence-electron chi connectivity index (χ3n) is 3.23. The Balaban J connectivity index is 2.45. The van der Waals surface area contributed by atoms with E-state index in [0.717, 1.165) is 0 Å². The van der Waals surface area contributed by atoms with Gasteiger partial charge in [-0.1, -0.05) is 24.3 Å². The van der Waals surface area contributed by atoms with Crippen molar-refractivity contribution in [1.82, 2.24) is 0 Å². The van der Waals surface area contributed by atoms with Crippen LogP contribution in [0.15, 0.2) is 59.5 Å². The zero-order valence-electron chi connectivity index (χ0n) is 12.1. The number of halogens is 2. The van der Waals surface area contributed by atoms with Gasteiger partial charge < -0.3 is 0 Å². The minimum absolute atomic E-state index is 0.0578. The van der Waals surface area contributed by atoms with Crippen LogP contribution in [0.2, 0.25) is 0 Å². The van der Waals surface area contributed by atoms with E-state index in [4.69, 9.17) is 0 Å². The molecular weight excluding hydrogens is 308 g/mol. The Kier molecular flexibility index (Phi) is 4.61. The van der Waals surface area contributed by atoms with Crippen LogP contribution in [-0.4, -0.2) is 8.42 Å². The number of nitrogens with one attached hydrogen (secondary N) is 1. The van der Waals surface area contributed by atoms with Gasteiger partial charge in [-0.05, 0) is 49.2 Å². The standard InChI is InChI=1S/C16H15F2NO2S/c1-11-8-9-14(10-15(11)12(2)16(17)18)22(20,21)19-13-6-4-3-5-7-13/h3-10,19H,1-2H3. The zero-order chi connectivity index (χ0) is 16.3. The lowest BCUT2D eigenvalue weighted by Gasteiger charge is -2.11. The second-order valence-corrected chi connectivity index (χ2v) is 6.52. The second-order valence-electron chi connectivity index (χ2n) is 4.83. The Morgan fingerprint density at radius 1 is 1.05 bits per heavy atom. The van der Waals surface area contributed by atoms with Gasteiger partial charge in [0, 0.05) is 11.3 Å². The molecule has 22 heavy (non-hydrogen) atoms. The molecule has 0 bridgehead atoms. The molecule has 0 heterocycles. The number of benzene rings is 2. The van der Waals surface area contributed by atoms with Gasteiger partial charge in [0.25, 0.3) is 16.1 Å². The quantitative estimate of drug-likeness (QED) is 0.905. The van der Waals surface area contributed by atoms with Gasteiger partial charge in [0.05, 0.1) is 4.90 Å². The second kappa shape index (κ2) is 6.27. The number of rotatable bonds is 4. The van der Waals surface area contributed by atoms with Crippen molar-refractivity contribution >= 4 is 21.3 Å². The average Bonchev–Trinajstić information content (AvgIpc) is 2.47. The molecular formula is C16H15F2NO2S. The number of sulfonamides is 1. The molecule has 2 aromatic rings. The van der Waals surface area contributed by atoms with Crippen LogP contribution in [0.3, 0.4) is 0 Å². The molecule has 2 rings (SSSR count). The zero-order valence-corrected chi connectivity index (χ0v) is 12.9. The number of hydrogen-bond acceptors (Lipinski definition) is 2. The molecule has 2 aromatic carbocycles. The highest BCUT2D eigenvalue weighted by Gasteiger charge is 2.17. The van der Waals surface area contributed by atoms with Gasteiger partial charge in [0.2, 0.25) is 0 Å². The van der Waals surface area contributed by atoms with Crippen molar-refractivity contribution in [1.29, 1.82) is 0 Å². The first kappa shape index (κ1) is 16.2. The topological polar surface area (TPSA) is 46.2 Å². The van der Waals surface area contributed by atoms with Crippen LogP contribution in [0, 0.1) is 6.92 Å². The summed E-state index contributed by atoms with van der Waals surface area (Å²) < 4.78 is 52.7. The van der Waals surface area contributed by atoms with E-state index in [2.05, 4.69) is 4.72 Å². The lowest BCUT2D eigenvalue weighted by Crippen LogP contribution is -2.13. The van der Waals surface area contributed by atoms with E-state index >= 15 is 0 Å². The molecule has 0 atom stereocenters. The number of allylic oxidation sites excluding steroid dienone is 1. The van der Waals surface area contributed by atoms with Crippen LogP contribution < -0.4 is 4.72 Å². The number of aryl methyl sites for hydroxylation is 1. The lowest BCUT2D eigenvalue weighted by molar-refractivity contribution is 0.425. The largest absolute Gasteiger partial charge is 0.280 e. The van der Waals surface area contributed by atoms with Crippen LogP contribution >= 0.6 is 0 Å². The fraction of sp³-hybridized carbons (Fsp3) is 0.125. The third kappa shape index (κ3) is 3.51. The highest BCUT2D eigenvalue weighted by molar-refractivity contribution is 7.92. The van der Waals surface area contributed by atoms with Gasteiger partial charge in [0.1, 0.15) is 0 Å². The van der Waals surface area contributed by atoms with Gasteiger partial charge in [0.15, 0.2) is 0 Å². The van der Waals surface area contributed by atoms with Gasteiger partial charge in [-0.25, -0.2) is 8.42 Å². The summed E-state index contributed by atoms with van der Waals surface area (Å²) in [5.74, 6) is 0. The normalized spacial score (nSPS) is 11.1. The Labute approximate surface area is 128 Å². The number of hydrogen-bond donors (Lipinski definition) is 1. The van der Waals surface area contributed by atoms with E-state index in [0.29, 0.717) is 11.3 Å². The van der Waals surface area contributed by atoms with E-state index < -0.39 is 16.1 Å². The van der Waals surface area contributed by atoms with Crippen LogP contribution in [-0.2, 0) is 10.0 Å². The van der Waals surface area contributed by atoms with Crippen LogP contribution in [0.4, 0.5) is 14.5 Å². The summed E-state index contributed by atoms with van der Waals surface area (Å²) in [6.45, 7) is 2.92. The Bertz CT molecular complexity index is 811. The Hall–Kier alpha value is -2.21. The van der Waals surface area contributed by atoms with Gasteiger partial charge in [-0.2, -0.15) is 8.78 Å². The maximum absolute atomic E-state index is 12.8. The highest BCUT2D eigenvalue weighted by atomic mass is 32.2. The van der Waals surface area contributed by atoms with E-state index in [1.165, 1.54) is 25.1 Å². The van der Waals surface area contributed by atoms with Crippen molar-refractivity contribution in [2.75, 3.05) is 4.72 Å². The molecule has 3 nitrogen and oxygen atoms in total. The molecule has 0 fully saturated rings. The first-order valence-corrected chi connectivity index (χ1v) is 8.00. The maximum atomic E-state index is 12.8. The molecule has 0 spiro atoms. The van der Waals surface area contributed by atoms with Crippen molar-refractivity contribution in [3.63, 3.8) is 0 Å². The Morgan fingerprint density at radius 3 is 2.27 bits per heavy atom. The Morgan fingerprint density at radius 2 is 1.68 bits per heavy atom. The van der Waals surface area contributed by atoms with Gasteiger partial charge >= 0.3 is 0 Å². The van der Waals surface area contributed by atoms with E-state index in [-0.39, 0.29) is 16.0 Å². The smallest absolute Gasteiger partial charge is 0.273 e. The lowest BCUT2D eigenvalue weighted by atomic mass is 10.0. The summed E-state index contributed by atoms with van der Waals surface area (Å²) in [6.07, 6.45) is -1.83. The molecule has 1 N–H and O–H groups in total. The van der Waals surface area contributed by atoms with E-state index in [1.54, 1.807) is 37.3 Å². The summed E-state index contributed by atoms with van der Waals surface area (Å²) in [4.78, 5) is -0.0578. The van der Waals surface area contributed by atoms with E-state index in [9.17, 15) is 17.2 Å². The van der Waals surface area contributed by atoms with Crippen molar-refractivity contribution in [3.05, 3.63) is 65.7 Å². The summed E-state index contributed by atoms with van der Waals surface area (Å²) in [5, 5.41) is 0. The average molecular weight is 323 g/mol. The van der Waals surface area contributed by atoms with E-state index in [1.807, 2.05) is 0 Å². The predicted molar refractivity (Wildman–Crippen MR) is 83.2 cm³/mol. The third-order valence-corrected chi connectivity index (χ3v) is 4.61. The summed E-state index contributed by atoms with van der Waals surface area (Å²) in [5.41, 5.74) is 0.989. The summed E-state index contributed by atoms with van der Waals surface area (Å²) in [6, 6.07) is 12.6. The first-order chi connectivity index (χ1) is 10.3. The van der Waals surface area contributed by atoms with Crippen LogP contribution in [0.1, 0.15) is 18.1 Å². The molecule has 0 aromatic heterocycles. The van der Waals surface area contributed by atoms with Crippen LogP contribution in [0.5, 0.6) is 0 Å². The molecule has 0 radical (unpaired) electrons. The van der Waals surface area contributed by atoms with Crippen LogP contribution in [0.25, 0.3) is 5.57 Å². The van der Waals surface area contributed by atoms with Gasteiger partial charge in [-0.15, -0.1) is 0 Å². The summed E-state index contributed by atoms with van der Waals surface area (Å²) in [7, 11) is -3.83. The fourth-order valence-corrected chi connectivity index (χ4v) is 3.08. The molecule has 0 aliphatic heterocycles. The van der Waals surface area contributed by atoms with Crippen molar-refractivity contribution in [2.45, 2.75) is 18.7 Å². The molecule has 0 aliphatic rings. The maximum Gasteiger partial charge on any atom is 0.273 e. The molecule has 0 saturated heterocycles. The molecule has 0 aliphatic carbocycles. The van der Waals surface area contributed by atoms with Crippen molar-refractivity contribution in [3.8, 4) is 0 Å². The minimum Gasteiger partial charge on any atom is -0.280 e. The highest BCUT2D eigenvalue weighted by Crippen LogP contribution is 2.26. The predicted octanol–water partition coefficient (Wildman–Crippen LogP) is 4.42. The fourth-order valence-electron chi connectivity index (χ4n) is 1.99. The molecule has 0 unspecified atom stereocenters. The molecule has 0 saturated carbocycles. The SMILES string of the molecule is CC(=C(F)F)c1cc(S(=O)(=O)Nc2ccccc2)ccc1C. The minimum atomic E-state index is -3.83. The first-order valence-electron chi connectivity index (χ1n) is 6.52. The monoisotopic (exact) mass is 323 g/mol. The molecule has 6 heteroatoms. The number of anilines is 1. The van der Waals surface area contributed by atoms with Gasteiger partial charge in [-0.3, -0.25) is 4.72 Å². The van der Waals surface area contributed by atoms with Crippen molar-refractivity contribution in [2.24, 2.45) is 0 Å².